The molecule has 1 N–H and O–H groups in total. The van der Waals surface area contributed by atoms with Crippen molar-refractivity contribution >= 4 is 11.9 Å². The first-order chi connectivity index (χ1) is 11.6. The molecule has 0 aromatic carbocycles. The Hall–Kier alpha value is -2.57. The summed E-state index contributed by atoms with van der Waals surface area (Å²) < 4.78 is 12.3. The summed E-state index contributed by atoms with van der Waals surface area (Å²) in [6, 6.07) is 5.25. The number of hydrogen-bond acceptors (Lipinski definition) is 5. The van der Waals surface area contributed by atoms with Crippen LogP contribution in [0.2, 0.25) is 0 Å². The molecule has 0 bridgehead atoms. The number of aromatic nitrogens is 2. The van der Waals surface area contributed by atoms with Gasteiger partial charge in [0.25, 0.3) is 5.91 Å². The summed E-state index contributed by atoms with van der Waals surface area (Å²) >= 11 is 0. The third-order valence-corrected chi connectivity index (χ3v) is 4.09. The summed E-state index contributed by atoms with van der Waals surface area (Å²) in [5.41, 5.74) is 0. The highest BCUT2D eigenvalue weighted by Crippen LogP contribution is 2.18. The van der Waals surface area contributed by atoms with Crippen LogP contribution in [0.15, 0.2) is 35.0 Å². The third kappa shape index (κ3) is 4.04. The number of nitrogens with zero attached hydrogens (tertiary/aromatic N) is 2. The van der Waals surface area contributed by atoms with Crippen LogP contribution in [0.1, 0.15) is 48.9 Å². The van der Waals surface area contributed by atoms with Crippen molar-refractivity contribution in [1.29, 1.82) is 0 Å². The maximum atomic E-state index is 12.1. The van der Waals surface area contributed by atoms with Crippen molar-refractivity contribution in [3.05, 3.63) is 42.1 Å². The molecule has 0 saturated heterocycles. The van der Waals surface area contributed by atoms with Crippen LogP contribution in [0, 0.1) is 0 Å². The number of amides is 1. The van der Waals surface area contributed by atoms with E-state index in [4.69, 9.17) is 9.15 Å². The first kappa shape index (κ1) is 16.3. The minimum atomic E-state index is -0.849. The zero-order chi connectivity index (χ0) is 16.9. The minimum absolute atomic E-state index is 0.0812. The number of carbonyl (C=O) groups is 2. The smallest absolute Gasteiger partial charge is 0.375 e. The molecule has 1 aliphatic rings. The van der Waals surface area contributed by atoms with E-state index in [2.05, 4.69) is 10.4 Å². The Labute approximate surface area is 140 Å². The fourth-order valence-corrected chi connectivity index (χ4v) is 2.79. The lowest BCUT2D eigenvalue weighted by atomic mass is 10.2. The average Bonchev–Trinajstić information content (AvgIpc) is 3.29. The molecule has 0 spiro atoms. The van der Waals surface area contributed by atoms with Crippen LogP contribution in [-0.4, -0.2) is 33.8 Å². The molecule has 1 unspecified atom stereocenters. The van der Waals surface area contributed by atoms with Crippen molar-refractivity contribution in [3.63, 3.8) is 0 Å². The van der Waals surface area contributed by atoms with Crippen LogP contribution in [0.3, 0.4) is 0 Å². The van der Waals surface area contributed by atoms with Crippen molar-refractivity contribution in [2.45, 2.75) is 51.3 Å². The SMILES string of the molecule is CC(OC(=O)c1ccc(Cn2cccn2)o1)C(=O)NC1CCCC1. The van der Waals surface area contributed by atoms with E-state index in [0.29, 0.717) is 12.3 Å². The summed E-state index contributed by atoms with van der Waals surface area (Å²) in [5, 5.41) is 6.99. The van der Waals surface area contributed by atoms with Gasteiger partial charge in [-0.25, -0.2) is 4.79 Å². The molecule has 7 nitrogen and oxygen atoms in total. The quantitative estimate of drug-likeness (QED) is 0.820. The standard InChI is InChI=1S/C17H21N3O4/c1-12(16(21)19-13-5-2-3-6-13)23-17(22)15-8-7-14(24-15)11-20-10-4-9-18-20/h4,7-10,12-13H,2-3,5-6,11H2,1H3,(H,19,21). The molecule has 1 saturated carbocycles. The van der Waals surface area contributed by atoms with Crippen LogP contribution in [-0.2, 0) is 16.1 Å². The van der Waals surface area contributed by atoms with Crippen molar-refractivity contribution < 1.29 is 18.7 Å². The monoisotopic (exact) mass is 331 g/mol. The Morgan fingerprint density at radius 2 is 2.21 bits per heavy atom. The molecule has 3 rings (SSSR count). The molecule has 7 heteroatoms. The molecule has 1 atom stereocenters. The Morgan fingerprint density at radius 3 is 2.92 bits per heavy atom. The van der Waals surface area contributed by atoms with Gasteiger partial charge in [-0.1, -0.05) is 12.8 Å². The van der Waals surface area contributed by atoms with Gasteiger partial charge < -0.3 is 14.5 Å². The second kappa shape index (κ2) is 7.33. The number of nitrogens with one attached hydrogen (secondary N) is 1. The van der Waals surface area contributed by atoms with Gasteiger partial charge in [-0.05, 0) is 38.0 Å². The lowest BCUT2D eigenvalue weighted by Crippen LogP contribution is -2.40. The highest BCUT2D eigenvalue weighted by atomic mass is 16.6. The molecule has 0 radical (unpaired) electrons. The van der Waals surface area contributed by atoms with E-state index >= 15 is 0 Å². The third-order valence-electron chi connectivity index (χ3n) is 4.09. The second-order valence-electron chi connectivity index (χ2n) is 6.01. The lowest BCUT2D eigenvalue weighted by molar-refractivity contribution is -0.129. The predicted octanol–water partition coefficient (Wildman–Crippen LogP) is 2.13. The van der Waals surface area contributed by atoms with E-state index in [9.17, 15) is 9.59 Å². The molecular formula is C17H21N3O4. The number of esters is 1. The van der Waals surface area contributed by atoms with E-state index in [1.807, 2.05) is 6.07 Å². The van der Waals surface area contributed by atoms with Crippen molar-refractivity contribution in [1.82, 2.24) is 15.1 Å². The fraction of sp³-hybridized carbons (Fsp3) is 0.471. The maximum Gasteiger partial charge on any atom is 0.375 e. The van der Waals surface area contributed by atoms with Gasteiger partial charge in [0.1, 0.15) is 5.76 Å². The molecule has 2 heterocycles. The molecule has 128 valence electrons. The number of rotatable bonds is 6. The summed E-state index contributed by atoms with van der Waals surface area (Å²) in [6.45, 7) is 1.99. The van der Waals surface area contributed by atoms with Gasteiger partial charge in [0.05, 0.1) is 6.54 Å². The van der Waals surface area contributed by atoms with Crippen molar-refractivity contribution in [2.24, 2.45) is 0 Å². The summed E-state index contributed by atoms with van der Waals surface area (Å²) in [4.78, 5) is 24.1. The number of hydrogen-bond donors (Lipinski definition) is 1. The number of furan rings is 1. The topological polar surface area (TPSA) is 86.4 Å². The molecule has 24 heavy (non-hydrogen) atoms. The van der Waals surface area contributed by atoms with E-state index in [0.717, 1.165) is 25.7 Å². The number of ether oxygens (including phenoxy) is 1. The lowest BCUT2D eigenvalue weighted by Gasteiger charge is -2.16. The van der Waals surface area contributed by atoms with Crippen LogP contribution < -0.4 is 5.32 Å². The molecule has 2 aromatic rings. The molecule has 1 aliphatic carbocycles. The van der Waals surface area contributed by atoms with Gasteiger partial charge in [0.2, 0.25) is 5.76 Å². The number of carbonyl (C=O) groups excluding carboxylic acids is 2. The molecule has 1 amide bonds. The van der Waals surface area contributed by atoms with Gasteiger partial charge in [-0.3, -0.25) is 9.48 Å². The molecule has 1 fully saturated rings. The Balaban J connectivity index is 1.52. The first-order valence-electron chi connectivity index (χ1n) is 8.19. The Morgan fingerprint density at radius 1 is 1.42 bits per heavy atom. The average molecular weight is 331 g/mol. The van der Waals surface area contributed by atoms with E-state index in [1.165, 1.54) is 0 Å². The first-order valence-corrected chi connectivity index (χ1v) is 8.19. The highest BCUT2D eigenvalue weighted by Gasteiger charge is 2.24. The normalized spacial score (nSPS) is 16.0. The van der Waals surface area contributed by atoms with E-state index in [-0.39, 0.29) is 17.7 Å². The zero-order valence-corrected chi connectivity index (χ0v) is 13.6. The van der Waals surface area contributed by atoms with E-state index in [1.54, 1.807) is 36.1 Å². The Bertz CT molecular complexity index is 687. The van der Waals surface area contributed by atoms with E-state index < -0.39 is 12.1 Å². The highest BCUT2D eigenvalue weighted by molar-refractivity contribution is 5.90. The molecule has 2 aromatic heterocycles. The molecular weight excluding hydrogens is 310 g/mol. The molecule has 0 aliphatic heterocycles. The second-order valence-corrected chi connectivity index (χ2v) is 6.01. The van der Waals surface area contributed by atoms with Gasteiger partial charge in [-0.2, -0.15) is 5.10 Å². The summed E-state index contributed by atoms with van der Waals surface area (Å²) in [5.74, 6) is -0.235. The van der Waals surface area contributed by atoms with Crippen LogP contribution in [0.25, 0.3) is 0 Å². The summed E-state index contributed by atoms with van der Waals surface area (Å²) in [6.07, 6.45) is 6.86. The van der Waals surface area contributed by atoms with Gasteiger partial charge in [0.15, 0.2) is 6.10 Å². The van der Waals surface area contributed by atoms with Crippen molar-refractivity contribution in [3.8, 4) is 0 Å². The largest absolute Gasteiger partial charge is 0.452 e. The van der Waals surface area contributed by atoms with Gasteiger partial charge in [0, 0.05) is 18.4 Å². The van der Waals surface area contributed by atoms with Gasteiger partial charge >= 0.3 is 5.97 Å². The van der Waals surface area contributed by atoms with Crippen LogP contribution >= 0.6 is 0 Å². The summed E-state index contributed by atoms with van der Waals surface area (Å²) in [7, 11) is 0. The zero-order valence-electron chi connectivity index (χ0n) is 13.6. The fourth-order valence-electron chi connectivity index (χ4n) is 2.79. The predicted molar refractivity (Wildman–Crippen MR) is 85.3 cm³/mol. The van der Waals surface area contributed by atoms with Gasteiger partial charge in [-0.15, -0.1) is 0 Å². The minimum Gasteiger partial charge on any atom is -0.452 e. The van der Waals surface area contributed by atoms with Crippen LogP contribution in [0.4, 0.5) is 0 Å². The Kier molecular flexibility index (Phi) is 4.98. The van der Waals surface area contributed by atoms with Crippen LogP contribution in [0.5, 0.6) is 0 Å². The maximum absolute atomic E-state index is 12.1. The van der Waals surface area contributed by atoms with Crippen molar-refractivity contribution in [2.75, 3.05) is 0 Å².